The normalized spacial score (nSPS) is 11.4. The summed E-state index contributed by atoms with van der Waals surface area (Å²) in [5, 5.41) is 15.9. The Morgan fingerprint density at radius 1 is 1.07 bits per heavy atom. The molecular formula is C20H17ClN4O4S. The molecule has 3 aromatic rings. The Bertz CT molecular complexity index is 1210. The van der Waals surface area contributed by atoms with Crippen molar-refractivity contribution in [1.82, 2.24) is 0 Å². The molecule has 3 aromatic carbocycles. The summed E-state index contributed by atoms with van der Waals surface area (Å²) in [6, 6.07) is 17.1. The van der Waals surface area contributed by atoms with E-state index in [1.165, 1.54) is 42.6 Å². The smallest absolute Gasteiger partial charge is 0.280 e. The van der Waals surface area contributed by atoms with Crippen LogP contribution in [0.1, 0.15) is 11.1 Å². The van der Waals surface area contributed by atoms with E-state index in [9.17, 15) is 18.5 Å². The van der Waals surface area contributed by atoms with Crippen LogP contribution >= 0.6 is 11.6 Å². The number of hydrogen-bond donors (Lipinski definition) is 2. The predicted octanol–water partition coefficient (Wildman–Crippen LogP) is 4.80. The van der Waals surface area contributed by atoms with Gasteiger partial charge in [0.2, 0.25) is 0 Å². The number of halogens is 1. The van der Waals surface area contributed by atoms with Crippen LogP contribution < -0.4 is 10.1 Å². The number of hydrazone groups is 1. The molecule has 0 amide bonds. The number of nitro groups is 1. The zero-order chi connectivity index (χ0) is 21.7. The van der Waals surface area contributed by atoms with Crippen LogP contribution in [0.2, 0.25) is 5.02 Å². The molecule has 3 rings (SSSR count). The Labute approximate surface area is 178 Å². The Hall–Kier alpha value is -3.43. The van der Waals surface area contributed by atoms with E-state index in [1.54, 1.807) is 0 Å². The number of aryl methyl sites for hydroxylation is 1. The molecule has 0 fully saturated rings. The van der Waals surface area contributed by atoms with Gasteiger partial charge in [-0.05, 0) is 54.4 Å². The van der Waals surface area contributed by atoms with E-state index in [2.05, 4.69) is 15.2 Å². The van der Waals surface area contributed by atoms with E-state index >= 15 is 0 Å². The fourth-order valence-corrected chi connectivity index (χ4v) is 3.76. The van der Waals surface area contributed by atoms with Crippen molar-refractivity contribution >= 4 is 44.9 Å². The summed E-state index contributed by atoms with van der Waals surface area (Å²) >= 11 is 5.79. The van der Waals surface area contributed by atoms with Crippen molar-refractivity contribution in [1.29, 1.82) is 0 Å². The lowest BCUT2D eigenvalue weighted by Crippen LogP contribution is -2.13. The summed E-state index contributed by atoms with van der Waals surface area (Å²) in [5.41, 5.74) is 4.37. The molecule has 0 atom stereocenters. The van der Waals surface area contributed by atoms with E-state index in [1.807, 2.05) is 31.2 Å². The van der Waals surface area contributed by atoms with Gasteiger partial charge in [0, 0.05) is 16.8 Å². The molecule has 0 saturated heterocycles. The molecule has 0 aliphatic heterocycles. The Balaban J connectivity index is 1.85. The second-order valence-corrected chi connectivity index (χ2v) is 8.39. The third-order valence-electron chi connectivity index (χ3n) is 4.15. The molecule has 0 aromatic heterocycles. The van der Waals surface area contributed by atoms with Crippen molar-refractivity contribution in [2.24, 2.45) is 5.10 Å². The van der Waals surface area contributed by atoms with Crippen molar-refractivity contribution in [3.8, 4) is 0 Å². The summed E-state index contributed by atoms with van der Waals surface area (Å²) in [5.74, 6) is 0. The average molecular weight is 445 g/mol. The molecule has 0 heterocycles. The Morgan fingerprint density at radius 3 is 2.43 bits per heavy atom. The van der Waals surface area contributed by atoms with E-state index in [4.69, 9.17) is 11.6 Å². The predicted molar refractivity (Wildman–Crippen MR) is 118 cm³/mol. The van der Waals surface area contributed by atoms with Crippen LogP contribution in [0.5, 0.6) is 0 Å². The summed E-state index contributed by atoms with van der Waals surface area (Å²) in [4.78, 5) is 10.5. The van der Waals surface area contributed by atoms with Crippen LogP contribution in [0.3, 0.4) is 0 Å². The fourth-order valence-electron chi connectivity index (χ4n) is 2.56. The molecule has 0 saturated carbocycles. The molecule has 0 aliphatic rings. The highest BCUT2D eigenvalue weighted by Crippen LogP contribution is 2.28. The van der Waals surface area contributed by atoms with E-state index in [0.717, 1.165) is 17.2 Å². The minimum atomic E-state index is -4.03. The van der Waals surface area contributed by atoms with Gasteiger partial charge in [0.1, 0.15) is 5.69 Å². The molecule has 10 heteroatoms. The average Bonchev–Trinajstić information content (AvgIpc) is 2.71. The quantitative estimate of drug-likeness (QED) is 0.308. The molecule has 154 valence electrons. The van der Waals surface area contributed by atoms with E-state index in [-0.39, 0.29) is 16.3 Å². The molecule has 0 aliphatic carbocycles. The van der Waals surface area contributed by atoms with Crippen molar-refractivity contribution in [3.05, 3.63) is 93.0 Å². The number of sulfonamides is 1. The molecular weight excluding hydrogens is 428 g/mol. The van der Waals surface area contributed by atoms with Gasteiger partial charge in [-0.3, -0.25) is 20.3 Å². The topological polar surface area (TPSA) is 114 Å². The molecule has 8 nitrogen and oxygen atoms in total. The van der Waals surface area contributed by atoms with Gasteiger partial charge in [-0.25, -0.2) is 8.42 Å². The molecule has 0 bridgehead atoms. The van der Waals surface area contributed by atoms with Crippen LogP contribution in [0, 0.1) is 17.0 Å². The van der Waals surface area contributed by atoms with Crippen LogP contribution in [0.25, 0.3) is 0 Å². The summed E-state index contributed by atoms with van der Waals surface area (Å²) in [6.07, 6.45) is 1.53. The third-order valence-corrected chi connectivity index (χ3v) is 5.78. The van der Waals surface area contributed by atoms with Crippen LogP contribution in [-0.2, 0) is 10.0 Å². The maximum atomic E-state index is 12.6. The highest BCUT2D eigenvalue weighted by Gasteiger charge is 2.21. The molecule has 30 heavy (non-hydrogen) atoms. The number of anilines is 2. The third kappa shape index (κ3) is 5.13. The largest absolute Gasteiger partial charge is 0.295 e. The first kappa shape index (κ1) is 21.3. The van der Waals surface area contributed by atoms with E-state index < -0.39 is 20.6 Å². The lowest BCUT2D eigenvalue weighted by atomic mass is 10.1. The SMILES string of the molecule is Cc1ccccc1C=NNc1ccc(S(=O)(=O)Nc2ccc(Cl)cc2)cc1[N+](=O)[O-]. The number of benzene rings is 3. The minimum absolute atomic E-state index is 0.0651. The second-order valence-electron chi connectivity index (χ2n) is 6.28. The first-order chi connectivity index (χ1) is 14.3. The first-order valence-corrected chi connectivity index (χ1v) is 10.5. The molecule has 0 radical (unpaired) electrons. The lowest BCUT2D eigenvalue weighted by molar-refractivity contribution is -0.384. The second kappa shape index (κ2) is 8.93. The summed E-state index contributed by atoms with van der Waals surface area (Å²) < 4.78 is 27.5. The van der Waals surface area contributed by atoms with Crippen LogP contribution in [0.15, 0.2) is 76.7 Å². The maximum Gasteiger partial charge on any atom is 0.295 e. The monoisotopic (exact) mass is 444 g/mol. The summed E-state index contributed by atoms with van der Waals surface area (Å²) in [6.45, 7) is 1.91. The van der Waals surface area contributed by atoms with Gasteiger partial charge in [-0.15, -0.1) is 0 Å². The lowest BCUT2D eigenvalue weighted by Gasteiger charge is -2.09. The van der Waals surface area contributed by atoms with E-state index in [0.29, 0.717) is 5.02 Å². The standard InChI is InChI=1S/C20H17ClN4O4S/c1-14-4-2-3-5-15(14)13-22-23-19-11-10-18(12-20(19)25(26)27)30(28,29)24-17-8-6-16(21)7-9-17/h2-13,23-24H,1H3. The highest BCUT2D eigenvalue weighted by molar-refractivity contribution is 7.92. The van der Waals surface area contributed by atoms with Crippen molar-refractivity contribution in [3.63, 3.8) is 0 Å². The number of nitrogens with one attached hydrogen (secondary N) is 2. The number of rotatable bonds is 7. The number of nitrogens with zero attached hydrogens (tertiary/aromatic N) is 2. The fraction of sp³-hybridized carbons (Fsp3) is 0.0500. The summed E-state index contributed by atoms with van der Waals surface area (Å²) in [7, 11) is -4.03. The van der Waals surface area contributed by atoms with Gasteiger partial charge < -0.3 is 0 Å². The molecule has 0 spiro atoms. The van der Waals surface area contributed by atoms with Crippen molar-refractivity contribution in [2.75, 3.05) is 10.1 Å². The van der Waals surface area contributed by atoms with Crippen molar-refractivity contribution in [2.45, 2.75) is 11.8 Å². The van der Waals surface area contributed by atoms with Gasteiger partial charge in [0.25, 0.3) is 15.7 Å². The highest BCUT2D eigenvalue weighted by atomic mass is 35.5. The van der Waals surface area contributed by atoms with Gasteiger partial charge >= 0.3 is 0 Å². The zero-order valence-electron chi connectivity index (χ0n) is 15.7. The maximum absolute atomic E-state index is 12.6. The van der Waals surface area contributed by atoms with Crippen LogP contribution in [-0.4, -0.2) is 19.6 Å². The van der Waals surface area contributed by atoms with Gasteiger partial charge in [0.15, 0.2) is 0 Å². The minimum Gasteiger partial charge on any atom is -0.280 e. The molecule has 0 unspecified atom stereocenters. The van der Waals surface area contributed by atoms with Gasteiger partial charge in [-0.1, -0.05) is 35.9 Å². The Kier molecular flexibility index (Phi) is 6.34. The van der Waals surface area contributed by atoms with Crippen molar-refractivity contribution < 1.29 is 13.3 Å². The number of nitro benzene ring substituents is 1. The van der Waals surface area contributed by atoms with Crippen LogP contribution in [0.4, 0.5) is 17.1 Å². The molecule has 2 N–H and O–H groups in total. The zero-order valence-corrected chi connectivity index (χ0v) is 17.3. The number of hydrogen-bond acceptors (Lipinski definition) is 6. The Morgan fingerprint density at radius 2 is 1.77 bits per heavy atom. The first-order valence-electron chi connectivity index (χ1n) is 8.68. The van der Waals surface area contributed by atoms with Gasteiger partial charge in [0.05, 0.1) is 16.0 Å². The van der Waals surface area contributed by atoms with Gasteiger partial charge in [-0.2, -0.15) is 5.10 Å².